The number of aliphatic hydroxyl groups is 1. The average Bonchev–Trinajstić information content (AvgIpc) is 2.51. The third-order valence-electron chi connectivity index (χ3n) is 3.13. The Morgan fingerprint density at radius 3 is 2.55 bits per heavy atom. The molecule has 0 heterocycles. The molecule has 1 aromatic rings. The van der Waals surface area contributed by atoms with Gasteiger partial charge >= 0.3 is 0 Å². The first-order valence-electron chi connectivity index (χ1n) is 7.06. The molecule has 0 saturated heterocycles. The first-order chi connectivity index (χ1) is 10.5. The van der Waals surface area contributed by atoms with E-state index >= 15 is 0 Å². The highest BCUT2D eigenvalue weighted by Gasteiger charge is 2.21. The van der Waals surface area contributed by atoms with Crippen molar-refractivity contribution in [2.45, 2.75) is 37.9 Å². The Morgan fingerprint density at radius 1 is 1.36 bits per heavy atom. The van der Waals surface area contributed by atoms with Gasteiger partial charge in [-0.1, -0.05) is 30.3 Å². The van der Waals surface area contributed by atoms with Gasteiger partial charge in [0.15, 0.2) is 0 Å². The fourth-order valence-corrected chi connectivity index (χ4v) is 1.86. The molecule has 0 fully saturated rings. The second-order valence-electron chi connectivity index (χ2n) is 5.01. The van der Waals surface area contributed by atoms with Gasteiger partial charge in [-0.05, 0) is 19.4 Å². The van der Waals surface area contributed by atoms with E-state index < -0.39 is 17.5 Å². The summed E-state index contributed by atoms with van der Waals surface area (Å²) in [6.07, 6.45) is 1.66. The maximum Gasteiger partial charge on any atom is 0.238 e. The fourth-order valence-electron chi connectivity index (χ4n) is 1.80. The molecule has 22 heavy (non-hydrogen) atoms. The van der Waals surface area contributed by atoms with E-state index in [0.717, 1.165) is 11.8 Å². The van der Waals surface area contributed by atoms with Crippen LogP contribution in [0.2, 0.25) is 0 Å². The molecule has 3 atom stereocenters. The van der Waals surface area contributed by atoms with E-state index in [4.69, 9.17) is 17.0 Å². The fraction of sp³-hybridized carbons (Fsp3) is 0.375. The summed E-state index contributed by atoms with van der Waals surface area (Å²) in [6, 6.07) is 9.24. The number of hydrogen-bond acceptors (Lipinski definition) is 4. The molecular weight excluding hydrogens is 302 g/mol. The topological polar surface area (TPSA) is 85.2 Å². The zero-order valence-corrected chi connectivity index (χ0v) is 13.5. The van der Waals surface area contributed by atoms with Gasteiger partial charge in [-0.15, -0.1) is 11.6 Å². The number of alkyl halides is 1. The molecule has 3 unspecified atom stereocenters. The molecule has 4 N–H and O–H groups in total. The normalized spacial score (nSPS) is 15.5. The van der Waals surface area contributed by atoms with Crippen molar-refractivity contribution < 1.29 is 9.90 Å². The quantitative estimate of drug-likeness (QED) is 0.435. The van der Waals surface area contributed by atoms with E-state index in [0.29, 0.717) is 12.1 Å². The Labute approximate surface area is 135 Å². The molecule has 1 amide bonds. The molecular formula is C16H22ClN3O2. The van der Waals surface area contributed by atoms with Crippen LogP contribution in [0.1, 0.15) is 19.4 Å². The molecule has 0 radical (unpaired) electrons. The van der Waals surface area contributed by atoms with Crippen LogP contribution in [0, 0.1) is 5.41 Å². The van der Waals surface area contributed by atoms with Crippen LogP contribution >= 0.6 is 11.6 Å². The minimum atomic E-state index is -0.986. The number of aliphatic hydroxyl groups excluding tert-OH is 1. The van der Waals surface area contributed by atoms with Gasteiger partial charge in [-0.2, -0.15) is 0 Å². The van der Waals surface area contributed by atoms with Gasteiger partial charge in [-0.25, -0.2) is 0 Å². The molecule has 0 aliphatic rings. The highest BCUT2D eigenvalue weighted by molar-refractivity contribution is 6.30. The predicted molar refractivity (Wildman–Crippen MR) is 89.1 cm³/mol. The van der Waals surface area contributed by atoms with E-state index in [-0.39, 0.29) is 5.91 Å². The lowest BCUT2D eigenvalue weighted by Gasteiger charge is -2.21. The van der Waals surface area contributed by atoms with Crippen LogP contribution < -0.4 is 10.6 Å². The van der Waals surface area contributed by atoms with Crippen molar-refractivity contribution in [1.29, 1.82) is 5.41 Å². The van der Waals surface area contributed by atoms with Gasteiger partial charge in [0.1, 0.15) is 11.5 Å². The Balaban J connectivity index is 2.59. The standard InChI is InChI=1S/C16H22ClN3O2/c1-11(17)16(22)20-12(2)15(21)14(8-18)10-19-9-13-6-4-3-5-7-13/h3-8,10-12,15,18-19,21H,9H2,1-2H3,(H,20,22)/b14-10+,18-8?. The smallest absolute Gasteiger partial charge is 0.238 e. The van der Waals surface area contributed by atoms with Crippen molar-refractivity contribution in [2.24, 2.45) is 0 Å². The summed E-state index contributed by atoms with van der Waals surface area (Å²) >= 11 is 5.68. The van der Waals surface area contributed by atoms with E-state index in [1.807, 2.05) is 30.3 Å². The Morgan fingerprint density at radius 2 is 2.00 bits per heavy atom. The number of rotatable bonds is 8. The highest BCUT2D eigenvalue weighted by Crippen LogP contribution is 2.06. The summed E-state index contributed by atoms with van der Waals surface area (Å²) in [5.41, 5.74) is 1.47. The Hall–Kier alpha value is -1.85. The maximum absolute atomic E-state index is 11.5. The van der Waals surface area contributed by atoms with Crippen LogP contribution in [-0.2, 0) is 11.3 Å². The van der Waals surface area contributed by atoms with Crippen molar-refractivity contribution in [3.8, 4) is 0 Å². The largest absolute Gasteiger partial charge is 0.386 e. The minimum absolute atomic E-state index is 0.352. The van der Waals surface area contributed by atoms with E-state index in [2.05, 4.69) is 10.6 Å². The SMILES string of the molecule is CC(Cl)C(=O)NC(C)C(O)/C(C=N)=C/NCc1ccccc1. The number of hydrogen-bond donors (Lipinski definition) is 4. The van der Waals surface area contributed by atoms with Gasteiger partial charge < -0.3 is 21.1 Å². The van der Waals surface area contributed by atoms with Gasteiger partial charge in [0.05, 0.1) is 6.04 Å². The second kappa shape index (κ2) is 9.23. The monoisotopic (exact) mass is 323 g/mol. The molecule has 0 aliphatic heterocycles. The summed E-state index contributed by atoms with van der Waals surface area (Å²) in [7, 11) is 0. The summed E-state index contributed by atoms with van der Waals surface area (Å²) < 4.78 is 0. The lowest BCUT2D eigenvalue weighted by atomic mass is 10.1. The average molecular weight is 324 g/mol. The van der Waals surface area contributed by atoms with Crippen LogP contribution in [0.15, 0.2) is 42.1 Å². The molecule has 120 valence electrons. The van der Waals surface area contributed by atoms with E-state index in [1.165, 1.54) is 0 Å². The molecule has 1 aromatic carbocycles. The van der Waals surface area contributed by atoms with Crippen molar-refractivity contribution >= 4 is 23.7 Å². The molecule has 0 aliphatic carbocycles. The second-order valence-corrected chi connectivity index (χ2v) is 5.67. The minimum Gasteiger partial charge on any atom is -0.386 e. The number of carbonyl (C=O) groups excluding carboxylic acids is 1. The molecule has 0 spiro atoms. The van der Waals surface area contributed by atoms with Gasteiger partial charge in [0, 0.05) is 24.5 Å². The van der Waals surface area contributed by atoms with Crippen molar-refractivity contribution in [1.82, 2.24) is 10.6 Å². The first-order valence-corrected chi connectivity index (χ1v) is 7.49. The molecule has 5 nitrogen and oxygen atoms in total. The highest BCUT2D eigenvalue weighted by atomic mass is 35.5. The Bertz CT molecular complexity index is 517. The van der Waals surface area contributed by atoms with Gasteiger partial charge in [0.2, 0.25) is 5.91 Å². The van der Waals surface area contributed by atoms with Crippen LogP contribution in [0.25, 0.3) is 0 Å². The summed E-state index contributed by atoms with van der Waals surface area (Å²) in [5, 5.41) is 22.6. The third-order valence-corrected chi connectivity index (χ3v) is 3.33. The Kier molecular flexibility index (Phi) is 7.63. The van der Waals surface area contributed by atoms with E-state index in [1.54, 1.807) is 20.0 Å². The maximum atomic E-state index is 11.5. The van der Waals surface area contributed by atoms with Gasteiger partial charge in [0.25, 0.3) is 0 Å². The number of nitrogens with one attached hydrogen (secondary N) is 3. The van der Waals surface area contributed by atoms with Crippen LogP contribution in [0.3, 0.4) is 0 Å². The number of amides is 1. The molecule has 0 aromatic heterocycles. The summed E-state index contributed by atoms with van der Waals surface area (Å²) in [4.78, 5) is 11.5. The van der Waals surface area contributed by atoms with Crippen molar-refractivity contribution in [2.75, 3.05) is 0 Å². The van der Waals surface area contributed by atoms with Crippen molar-refractivity contribution in [3.63, 3.8) is 0 Å². The van der Waals surface area contributed by atoms with E-state index in [9.17, 15) is 9.90 Å². The molecule has 6 heteroatoms. The summed E-state index contributed by atoms with van der Waals surface area (Å²) in [6.45, 7) is 3.81. The van der Waals surface area contributed by atoms with Gasteiger partial charge in [-0.3, -0.25) is 4.79 Å². The first kappa shape index (κ1) is 18.2. The lowest BCUT2D eigenvalue weighted by molar-refractivity contribution is -0.121. The number of benzene rings is 1. The van der Waals surface area contributed by atoms with Crippen LogP contribution in [-0.4, -0.2) is 34.8 Å². The van der Waals surface area contributed by atoms with Crippen molar-refractivity contribution in [3.05, 3.63) is 47.7 Å². The predicted octanol–water partition coefficient (Wildman–Crippen LogP) is 1.80. The zero-order valence-electron chi connectivity index (χ0n) is 12.7. The lowest BCUT2D eigenvalue weighted by Crippen LogP contribution is -2.44. The van der Waals surface area contributed by atoms with Crippen LogP contribution in [0.5, 0.6) is 0 Å². The molecule has 0 bridgehead atoms. The summed E-state index contributed by atoms with van der Waals surface area (Å²) in [5.74, 6) is -0.352. The zero-order chi connectivity index (χ0) is 16.5. The third kappa shape index (κ3) is 5.87. The molecule has 0 saturated carbocycles. The number of halogens is 1. The number of carbonyl (C=O) groups is 1. The van der Waals surface area contributed by atoms with Crippen LogP contribution in [0.4, 0.5) is 0 Å². The molecule has 1 rings (SSSR count).